The zero-order chi connectivity index (χ0) is 22.6. The molecule has 1 heterocycles. The van der Waals surface area contributed by atoms with Crippen LogP contribution in [0.5, 0.6) is 0 Å². The summed E-state index contributed by atoms with van der Waals surface area (Å²) in [7, 11) is 0. The van der Waals surface area contributed by atoms with Crippen LogP contribution in [0.3, 0.4) is 0 Å². The molecule has 1 aliphatic rings. The molecule has 0 N–H and O–H groups in total. The Morgan fingerprint density at radius 2 is 1.74 bits per heavy atom. The molecule has 2 aromatic carbocycles. The highest BCUT2D eigenvalue weighted by molar-refractivity contribution is 5.69. The van der Waals surface area contributed by atoms with Gasteiger partial charge < -0.3 is 9.64 Å². The predicted molar refractivity (Wildman–Crippen MR) is 128 cm³/mol. The third kappa shape index (κ3) is 6.33. The van der Waals surface area contributed by atoms with E-state index in [1.165, 1.54) is 16.7 Å². The molecule has 1 unspecified atom stereocenters. The number of nitrogens with zero attached hydrogens (tertiary/aromatic N) is 2. The van der Waals surface area contributed by atoms with Gasteiger partial charge in [0.2, 0.25) is 0 Å². The van der Waals surface area contributed by atoms with Crippen molar-refractivity contribution in [3.05, 3.63) is 60.2 Å². The van der Waals surface area contributed by atoms with Gasteiger partial charge in [0.1, 0.15) is 5.60 Å². The van der Waals surface area contributed by atoms with E-state index in [0.29, 0.717) is 12.0 Å². The summed E-state index contributed by atoms with van der Waals surface area (Å²) >= 11 is 0. The first-order chi connectivity index (χ1) is 14.6. The molecule has 1 fully saturated rings. The normalized spacial score (nSPS) is 19.3. The fourth-order valence-corrected chi connectivity index (χ4v) is 4.43. The van der Waals surface area contributed by atoms with E-state index in [2.05, 4.69) is 80.3 Å². The molecule has 2 atom stereocenters. The molecule has 0 saturated carbocycles. The molecule has 168 valence electrons. The van der Waals surface area contributed by atoms with E-state index in [9.17, 15) is 4.79 Å². The first-order valence-electron chi connectivity index (χ1n) is 11.5. The largest absolute Gasteiger partial charge is 0.444 e. The van der Waals surface area contributed by atoms with Gasteiger partial charge in [0.05, 0.1) is 0 Å². The van der Waals surface area contributed by atoms with Crippen LogP contribution in [0.25, 0.3) is 11.1 Å². The Morgan fingerprint density at radius 1 is 1.10 bits per heavy atom. The maximum Gasteiger partial charge on any atom is 0.410 e. The number of carbonyl (C=O) groups is 1. The molecule has 2 aromatic rings. The van der Waals surface area contributed by atoms with Crippen LogP contribution < -0.4 is 0 Å². The van der Waals surface area contributed by atoms with Gasteiger partial charge in [-0.15, -0.1) is 0 Å². The van der Waals surface area contributed by atoms with Crippen LogP contribution in [-0.4, -0.2) is 46.7 Å². The third-order valence-corrected chi connectivity index (χ3v) is 5.77. The van der Waals surface area contributed by atoms with Gasteiger partial charge in [-0.05, 0) is 56.7 Å². The summed E-state index contributed by atoms with van der Waals surface area (Å²) < 4.78 is 5.66. The van der Waals surface area contributed by atoms with Gasteiger partial charge in [-0.25, -0.2) is 4.79 Å². The Morgan fingerprint density at radius 3 is 2.39 bits per heavy atom. The summed E-state index contributed by atoms with van der Waals surface area (Å²) in [5.41, 5.74) is 3.39. The standard InChI is InChI=1S/C27H38N2O2/c1-20(2)17-28(24-16-21(3)29(19-24)26(30)31-27(4,5)6)18-23-14-10-11-15-25(23)22-12-8-7-9-13-22/h7-15,20-21,24H,16-19H2,1-6H3/t21?,24-/m1/s1. The summed E-state index contributed by atoms with van der Waals surface area (Å²) in [4.78, 5) is 17.2. The topological polar surface area (TPSA) is 32.8 Å². The van der Waals surface area contributed by atoms with Gasteiger partial charge >= 0.3 is 6.09 Å². The zero-order valence-corrected chi connectivity index (χ0v) is 20.0. The van der Waals surface area contributed by atoms with E-state index < -0.39 is 5.60 Å². The Bertz CT molecular complexity index is 857. The van der Waals surface area contributed by atoms with Crippen LogP contribution >= 0.6 is 0 Å². The maximum atomic E-state index is 12.7. The summed E-state index contributed by atoms with van der Waals surface area (Å²) in [6.45, 7) is 15.0. The van der Waals surface area contributed by atoms with Gasteiger partial charge in [-0.3, -0.25) is 4.90 Å². The lowest BCUT2D eigenvalue weighted by Crippen LogP contribution is -2.42. The third-order valence-electron chi connectivity index (χ3n) is 5.77. The number of benzene rings is 2. The number of amides is 1. The molecule has 1 aliphatic heterocycles. The number of likely N-dealkylation sites (tertiary alicyclic amines) is 1. The minimum atomic E-state index is -0.471. The van der Waals surface area contributed by atoms with Crippen molar-refractivity contribution in [2.24, 2.45) is 5.92 Å². The second-order valence-corrected chi connectivity index (χ2v) is 10.2. The van der Waals surface area contributed by atoms with Crippen molar-refractivity contribution in [1.29, 1.82) is 0 Å². The Hall–Kier alpha value is -2.33. The smallest absolute Gasteiger partial charge is 0.410 e. The molecule has 0 aromatic heterocycles. The van der Waals surface area contributed by atoms with Crippen molar-refractivity contribution in [3.8, 4) is 11.1 Å². The van der Waals surface area contributed by atoms with Crippen molar-refractivity contribution >= 4 is 6.09 Å². The maximum absolute atomic E-state index is 12.7. The highest BCUT2D eigenvalue weighted by Gasteiger charge is 2.37. The molecule has 1 saturated heterocycles. The van der Waals surface area contributed by atoms with Crippen LogP contribution in [0.4, 0.5) is 4.79 Å². The summed E-state index contributed by atoms with van der Waals surface area (Å²) in [5, 5.41) is 0. The molecule has 0 radical (unpaired) electrons. The lowest BCUT2D eigenvalue weighted by Gasteiger charge is -2.31. The van der Waals surface area contributed by atoms with E-state index in [0.717, 1.165) is 26.1 Å². The average Bonchev–Trinajstić information content (AvgIpc) is 3.09. The van der Waals surface area contributed by atoms with E-state index in [1.807, 2.05) is 25.7 Å². The summed E-state index contributed by atoms with van der Waals surface area (Å²) in [5.74, 6) is 0.551. The monoisotopic (exact) mass is 422 g/mol. The molecular formula is C27H38N2O2. The molecule has 0 spiro atoms. The first kappa shape index (κ1) is 23.3. The van der Waals surface area contributed by atoms with Crippen LogP contribution in [0, 0.1) is 5.92 Å². The summed E-state index contributed by atoms with van der Waals surface area (Å²) in [6.07, 6.45) is 0.774. The highest BCUT2D eigenvalue weighted by Crippen LogP contribution is 2.29. The molecule has 4 nitrogen and oxygen atoms in total. The van der Waals surface area contributed by atoms with Gasteiger partial charge in [0.25, 0.3) is 0 Å². The van der Waals surface area contributed by atoms with E-state index in [4.69, 9.17) is 4.74 Å². The Balaban J connectivity index is 1.80. The number of hydrogen-bond acceptors (Lipinski definition) is 3. The fraction of sp³-hybridized carbons (Fsp3) is 0.519. The summed E-state index contributed by atoms with van der Waals surface area (Å²) in [6, 6.07) is 19.8. The second kappa shape index (κ2) is 9.86. The number of hydrogen-bond donors (Lipinski definition) is 0. The van der Waals surface area contributed by atoms with Crippen LogP contribution in [0.1, 0.15) is 53.5 Å². The lowest BCUT2D eigenvalue weighted by atomic mass is 9.98. The highest BCUT2D eigenvalue weighted by atomic mass is 16.6. The van der Waals surface area contributed by atoms with Gasteiger partial charge in [0.15, 0.2) is 0 Å². The van der Waals surface area contributed by atoms with Crippen molar-refractivity contribution in [3.63, 3.8) is 0 Å². The molecule has 0 bridgehead atoms. The van der Waals surface area contributed by atoms with Crippen LogP contribution in [-0.2, 0) is 11.3 Å². The minimum absolute atomic E-state index is 0.180. The van der Waals surface area contributed by atoms with Crippen LogP contribution in [0.2, 0.25) is 0 Å². The van der Waals surface area contributed by atoms with Crippen molar-refractivity contribution in [2.75, 3.05) is 13.1 Å². The van der Waals surface area contributed by atoms with Crippen molar-refractivity contribution in [1.82, 2.24) is 9.80 Å². The molecular weight excluding hydrogens is 384 g/mol. The molecule has 1 amide bonds. The van der Waals surface area contributed by atoms with E-state index in [-0.39, 0.29) is 12.1 Å². The molecule has 4 heteroatoms. The number of carbonyl (C=O) groups excluding carboxylic acids is 1. The quantitative estimate of drug-likeness (QED) is 0.555. The Labute approximate surface area is 188 Å². The Kier molecular flexibility index (Phi) is 7.42. The van der Waals surface area contributed by atoms with Crippen molar-refractivity contribution < 1.29 is 9.53 Å². The zero-order valence-electron chi connectivity index (χ0n) is 20.0. The van der Waals surface area contributed by atoms with Gasteiger partial charge in [0, 0.05) is 31.7 Å². The molecule has 0 aliphatic carbocycles. The lowest BCUT2D eigenvalue weighted by molar-refractivity contribution is 0.0225. The minimum Gasteiger partial charge on any atom is -0.444 e. The predicted octanol–water partition coefficient (Wildman–Crippen LogP) is 6.21. The van der Waals surface area contributed by atoms with Gasteiger partial charge in [-0.2, -0.15) is 0 Å². The van der Waals surface area contributed by atoms with Crippen molar-refractivity contribution in [2.45, 2.75) is 72.2 Å². The number of ether oxygens (including phenoxy) is 1. The second-order valence-electron chi connectivity index (χ2n) is 10.2. The van der Waals surface area contributed by atoms with Crippen LogP contribution in [0.15, 0.2) is 54.6 Å². The average molecular weight is 423 g/mol. The molecule has 31 heavy (non-hydrogen) atoms. The van der Waals surface area contributed by atoms with E-state index in [1.54, 1.807) is 0 Å². The molecule has 3 rings (SSSR count). The number of rotatable bonds is 6. The van der Waals surface area contributed by atoms with E-state index >= 15 is 0 Å². The fourth-order valence-electron chi connectivity index (χ4n) is 4.43. The van der Waals surface area contributed by atoms with Gasteiger partial charge in [-0.1, -0.05) is 68.4 Å². The first-order valence-corrected chi connectivity index (χ1v) is 11.5. The SMILES string of the molecule is CC(C)CN(Cc1ccccc1-c1ccccc1)[C@@H]1CC(C)N(C(=O)OC(C)(C)C)C1.